The topological polar surface area (TPSA) is 59.0 Å². The molecule has 0 bridgehead atoms. The van der Waals surface area contributed by atoms with Gasteiger partial charge in [0.25, 0.3) is 5.79 Å². The normalized spacial score (nSPS) is 22.2. The predicted molar refractivity (Wildman–Crippen MR) is 121 cm³/mol. The second kappa shape index (κ2) is 9.38. The molecule has 2 aliphatic heterocycles. The van der Waals surface area contributed by atoms with E-state index >= 15 is 0 Å². The summed E-state index contributed by atoms with van der Waals surface area (Å²) in [4.78, 5) is 14.2. The van der Waals surface area contributed by atoms with Crippen LogP contribution in [0.5, 0.6) is 11.5 Å². The van der Waals surface area contributed by atoms with Gasteiger partial charge in [0.15, 0.2) is 11.5 Å². The van der Waals surface area contributed by atoms with Crippen molar-refractivity contribution in [3.05, 3.63) is 58.4 Å². The summed E-state index contributed by atoms with van der Waals surface area (Å²) in [5.74, 6) is -0.394. The van der Waals surface area contributed by atoms with Crippen molar-refractivity contribution < 1.29 is 23.8 Å². The third-order valence-electron chi connectivity index (χ3n) is 6.56. The Balaban J connectivity index is 1.47. The number of benzene rings is 2. The molecular weight excluding hydrogens is 433 g/mol. The molecule has 0 amide bonds. The molecule has 4 rings (SSSR count). The molecule has 1 fully saturated rings. The van der Waals surface area contributed by atoms with E-state index in [9.17, 15) is 14.3 Å². The second-order valence-corrected chi connectivity index (χ2v) is 9.16. The Morgan fingerprint density at radius 3 is 2.69 bits per heavy atom. The average Bonchev–Trinajstić information content (AvgIpc) is 3.14. The summed E-state index contributed by atoms with van der Waals surface area (Å²) in [5.41, 5.74) is 1.36. The van der Waals surface area contributed by atoms with Crippen LogP contribution in [0.4, 0.5) is 4.39 Å². The van der Waals surface area contributed by atoms with E-state index < -0.39 is 11.6 Å². The van der Waals surface area contributed by atoms with Gasteiger partial charge in [-0.2, -0.15) is 0 Å². The van der Waals surface area contributed by atoms with Crippen LogP contribution in [-0.2, 0) is 10.6 Å². The van der Waals surface area contributed by atoms with Crippen LogP contribution in [0.2, 0.25) is 5.02 Å². The summed E-state index contributed by atoms with van der Waals surface area (Å²) in [6.07, 6.45) is 2.26. The van der Waals surface area contributed by atoms with Crippen molar-refractivity contribution in [3.8, 4) is 11.5 Å². The van der Waals surface area contributed by atoms with E-state index in [0.717, 1.165) is 31.5 Å². The van der Waals surface area contributed by atoms with Crippen LogP contribution in [-0.4, -0.2) is 42.0 Å². The Morgan fingerprint density at radius 2 is 2.03 bits per heavy atom. The van der Waals surface area contributed by atoms with E-state index in [1.54, 1.807) is 19.1 Å². The molecule has 1 unspecified atom stereocenters. The second-order valence-electron chi connectivity index (χ2n) is 8.72. The van der Waals surface area contributed by atoms with Crippen LogP contribution in [0.3, 0.4) is 0 Å². The Morgan fingerprint density at radius 1 is 1.28 bits per heavy atom. The van der Waals surface area contributed by atoms with Crippen LogP contribution in [0, 0.1) is 11.7 Å². The average molecular weight is 462 g/mol. The predicted octanol–water partition coefficient (Wildman–Crippen LogP) is 4.89. The molecule has 1 saturated heterocycles. The smallest absolute Gasteiger partial charge is 0.278 e. The molecule has 2 aliphatic rings. The van der Waals surface area contributed by atoms with E-state index in [-0.39, 0.29) is 24.2 Å². The number of piperidine rings is 1. The fraction of sp³-hybridized carbons (Fsp3) is 0.480. The Kier molecular flexibility index (Phi) is 6.75. The molecule has 0 saturated carbocycles. The van der Waals surface area contributed by atoms with Crippen molar-refractivity contribution in [1.29, 1.82) is 0 Å². The van der Waals surface area contributed by atoms with Crippen molar-refractivity contribution in [3.63, 3.8) is 0 Å². The van der Waals surface area contributed by atoms with E-state index in [1.807, 2.05) is 25.1 Å². The summed E-state index contributed by atoms with van der Waals surface area (Å²) in [5, 5.41) is 9.88. The summed E-state index contributed by atoms with van der Waals surface area (Å²) in [6.45, 7) is 5.71. The minimum Gasteiger partial charge on any atom is -0.444 e. The van der Waals surface area contributed by atoms with Crippen molar-refractivity contribution in [2.24, 2.45) is 5.92 Å². The van der Waals surface area contributed by atoms with Gasteiger partial charge in [0.05, 0.1) is 18.1 Å². The quantitative estimate of drug-likeness (QED) is 0.636. The SMILES string of the molecule is CCC(=O)C(CO)CN1CCC(c2cccc3c2O[C@@](C)(c2ccc(Cl)cc2F)O3)CC1. The summed E-state index contributed by atoms with van der Waals surface area (Å²) >= 11 is 5.90. The van der Waals surface area contributed by atoms with Crippen LogP contribution in [0.25, 0.3) is 0 Å². The fourth-order valence-electron chi connectivity index (χ4n) is 4.73. The molecule has 1 N–H and O–H groups in total. The maximum atomic E-state index is 14.6. The molecule has 2 atom stereocenters. The van der Waals surface area contributed by atoms with E-state index in [1.165, 1.54) is 6.07 Å². The van der Waals surface area contributed by atoms with Crippen LogP contribution < -0.4 is 9.47 Å². The number of Topliss-reactive ketones (excluding diaryl/α,β-unsaturated/α-hetero) is 1. The number of nitrogens with zero attached hydrogens (tertiary/aromatic N) is 1. The minimum absolute atomic E-state index is 0.106. The number of ketones is 1. The monoisotopic (exact) mass is 461 g/mol. The zero-order valence-corrected chi connectivity index (χ0v) is 19.2. The van der Waals surface area contributed by atoms with E-state index in [0.29, 0.717) is 35.1 Å². The first-order valence-corrected chi connectivity index (χ1v) is 11.5. The molecule has 7 heteroatoms. The lowest BCUT2D eigenvalue weighted by Crippen LogP contribution is -2.39. The Labute approximate surface area is 193 Å². The van der Waals surface area contributed by atoms with Crippen molar-refractivity contribution in [2.75, 3.05) is 26.2 Å². The zero-order chi connectivity index (χ0) is 22.9. The molecule has 5 nitrogen and oxygen atoms in total. The number of ether oxygens (including phenoxy) is 2. The highest BCUT2D eigenvalue weighted by Gasteiger charge is 2.43. The molecule has 2 aromatic carbocycles. The van der Waals surface area contributed by atoms with E-state index in [4.69, 9.17) is 21.1 Å². The van der Waals surface area contributed by atoms with Crippen molar-refractivity contribution in [1.82, 2.24) is 4.90 Å². The van der Waals surface area contributed by atoms with Gasteiger partial charge in [0.1, 0.15) is 11.6 Å². The van der Waals surface area contributed by atoms with Gasteiger partial charge in [0, 0.05) is 30.5 Å². The first-order chi connectivity index (χ1) is 15.3. The number of hydrogen-bond donors (Lipinski definition) is 1. The van der Waals surface area contributed by atoms with Crippen molar-refractivity contribution >= 4 is 17.4 Å². The number of carbonyl (C=O) groups excluding carboxylic acids is 1. The highest BCUT2D eigenvalue weighted by molar-refractivity contribution is 6.30. The lowest BCUT2D eigenvalue weighted by molar-refractivity contribution is -0.124. The molecule has 172 valence electrons. The number of aliphatic hydroxyl groups excluding tert-OH is 1. The number of rotatable bonds is 7. The molecule has 0 aliphatic carbocycles. The maximum Gasteiger partial charge on any atom is 0.278 e. The molecule has 0 spiro atoms. The molecule has 0 aromatic heterocycles. The first kappa shape index (κ1) is 23.0. The maximum absolute atomic E-state index is 14.6. The van der Waals surface area contributed by atoms with E-state index in [2.05, 4.69) is 4.90 Å². The summed E-state index contributed by atoms with van der Waals surface area (Å²) < 4.78 is 26.9. The van der Waals surface area contributed by atoms with Gasteiger partial charge in [0.2, 0.25) is 0 Å². The molecule has 0 radical (unpaired) electrons. The van der Waals surface area contributed by atoms with Crippen LogP contribution in [0.1, 0.15) is 50.2 Å². The number of aliphatic hydroxyl groups is 1. The minimum atomic E-state index is -1.26. The number of fused-ring (bicyclic) bond motifs is 1. The zero-order valence-electron chi connectivity index (χ0n) is 18.4. The standard InChI is InChI=1S/C25H29ClFNO4/c1-3-22(30)17(15-29)14-28-11-9-16(10-12-28)19-5-4-6-23-24(19)32-25(2,31-23)20-8-7-18(26)13-21(20)27/h4-8,13,16-17,29H,3,9-12,14-15H2,1-2H3/t17?,25-/m0/s1. The number of para-hydroxylation sites is 1. The Bertz CT molecular complexity index is 992. The van der Waals surface area contributed by atoms with Gasteiger partial charge in [-0.25, -0.2) is 4.39 Å². The van der Waals surface area contributed by atoms with Gasteiger partial charge in [-0.3, -0.25) is 4.79 Å². The van der Waals surface area contributed by atoms with Gasteiger partial charge < -0.3 is 19.5 Å². The molecular formula is C25H29ClFNO4. The largest absolute Gasteiger partial charge is 0.444 e. The molecule has 2 heterocycles. The molecule has 32 heavy (non-hydrogen) atoms. The lowest BCUT2D eigenvalue weighted by Gasteiger charge is -2.34. The number of likely N-dealkylation sites (tertiary alicyclic amines) is 1. The third kappa shape index (κ3) is 4.49. The highest BCUT2D eigenvalue weighted by Crippen LogP contribution is 2.49. The summed E-state index contributed by atoms with van der Waals surface area (Å²) in [6, 6.07) is 10.3. The number of hydrogen-bond acceptors (Lipinski definition) is 5. The van der Waals surface area contributed by atoms with Crippen molar-refractivity contribution in [2.45, 2.75) is 44.8 Å². The first-order valence-electron chi connectivity index (χ1n) is 11.2. The highest BCUT2D eigenvalue weighted by atomic mass is 35.5. The Hall–Kier alpha value is -2.15. The molecule has 2 aromatic rings. The number of carbonyl (C=O) groups is 1. The van der Waals surface area contributed by atoms with Gasteiger partial charge in [-0.05, 0) is 56.1 Å². The summed E-state index contributed by atoms with van der Waals surface area (Å²) in [7, 11) is 0. The van der Waals surface area contributed by atoms with Gasteiger partial charge in [-0.1, -0.05) is 30.7 Å². The van der Waals surface area contributed by atoms with Gasteiger partial charge >= 0.3 is 0 Å². The van der Waals surface area contributed by atoms with Crippen LogP contribution >= 0.6 is 11.6 Å². The van der Waals surface area contributed by atoms with Crippen LogP contribution in [0.15, 0.2) is 36.4 Å². The third-order valence-corrected chi connectivity index (χ3v) is 6.80. The van der Waals surface area contributed by atoms with Gasteiger partial charge in [-0.15, -0.1) is 0 Å². The number of halogens is 2. The fourth-order valence-corrected chi connectivity index (χ4v) is 4.88. The lowest BCUT2D eigenvalue weighted by atomic mass is 9.88.